The molecule has 1 N–H and O–H groups in total. The highest BCUT2D eigenvalue weighted by atomic mass is 32.2. The van der Waals surface area contributed by atoms with E-state index in [1.807, 2.05) is 0 Å². The maximum atomic E-state index is 14.3. The van der Waals surface area contributed by atoms with Gasteiger partial charge in [0.25, 0.3) is 5.91 Å². The molecule has 0 fully saturated rings. The molecule has 0 spiro atoms. The lowest BCUT2D eigenvalue weighted by Crippen LogP contribution is -2.31. The van der Waals surface area contributed by atoms with Crippen LogP contribution in [0.25, 0.3) is 5.69 Å². The zero-order chi connectivity index (χ0) is 22.8. The number of nitrogens with one attached hydrogen (secondary N) is 1. The fourth-order valence-corrected chi connectivity index (χ4v) is 4.50. The Labute approximate surface area is 177 Å². The van der Waals surface area contributed by atoms with Crippen molar-refractivity contribution in [1.82, 2.24) is 24.5 Å². The first kappa shape index (κ1) is 22.4. The molecule has 31 heavy (non-hydrogen) atoms. The first-order valence-electron chi connectivity index (χ1n) is 9.35. The molecule has 12 heteroatoms. The number of hydrogen-bond acceptors (Lipinski definition) is 6. The maximum absolute atomic E-state index is 14.3. The van der Waals surface area contributed by atoms with E-state index in [-0.39, 0.29) is 30.0 Å². The molecule has 0 radical (unpaired) electrons. The molecule has 0 aliphatic rings. The number of hydrogen-bond donors (Lipinski definition) is 1. The number of sulfonamides is 1. The molecule has 0 aliphatic heterocycles. The van der Waals surface area contributed by atoms with Crippen LogP contribution >= 0.6 is 0 Å². The Morgan fingerprint density at radius 3 is 2.39 bits per heavy atom. The van der Waals surface area contributed by atoms with E-state index in [2.05, 4.69) is 20.8 Å². The Balaban J connectivity index is 1.93. The molecule has 9 nitrogen and oxygen atoms in total. The molecule has 3 rings (SSSR count). The van der Waals surface area contributed by atoms with E-state index in [4.69, 9.17) is 0 Å². The molecule has 1 heterocycles. The second kappa shape index (κ2) is 8.86. The summed E-state index contributed by atoms with van der Waals surface area (Å²) < 4.78 is 56.1. The molecule has 0 atom stereocenters. The van der Waals surface area contributed by atoms with Crippen molar-refractivity contribution in [2.75, 3.05) is 18.4 Å². The van der Waals surface area contributed by atoms with Gasteiger partial charge in [-0.1, -0.05) is 13.8 Å². The number of carbonyl (C=O) groups is 1. The molecule has 2 aromatic carbocycles. The summed E-state index contributed by atoms with van der Waals surface area (Å²) in [6, 6.07) is 6.86. The zero-order valence-electron chi connectivity index (χ0n) is 17.0. The number of carbonyl (C=O) groups excluding carboxylic acids is 1. The molecule has 0 saturated heterocycles. The van der Waals surface area contributed by atoms with Crippen molar-refractivity contribution in [2.24, 2.45) is 0 Å². The first-order valence-corrected chi connectivity index (χ1v) is 10.8. The number of benzene rings is 2. The average Bonchev–Trinajstić information content (AvgIpc) is 3.16. The van der Waals surface area contributed by atoms with Gasteiger partial charge in [-0.15, -0.1) is 5.10 Å². The van der Waals surface area contributed by atoms with Gasteiger partial charge in [0.2, 0.25) is 10.0 Å². The predicted molar refractivity (Wildman–Crippen MR) is 108 cm³/mol. The number of anilines is 1. The summed E-state index contributed by atoms with van der Waals surface area (Å²) in [5.74, 6) is -1.92. The van der Waals surface area contributed by atoms with Crippen LogP contribution in [0.5, 0.6) is 0 Å². The van der Waals surface area contributed by atoms with Crippen LogP contribution in [0.1, 0.15) is 30.0 Å². The Morgan fingerprint density at radius 2 is 1.77 bits per heavy atom. The second-order valence-corrected chi connectivity index (χ2v) is 8.40. The minimum absolute atomic E-state index is 0.0178. The maximum Gasteiger partial charge on any atom is 0.255 e. The third-order valence-electron chi connectivity index (χ3n) is 4.57. The summed E-state index contributed by atoms with van der Waals surface area (Å²) in [5.41, 5.74) is 0.162. The van der Waals surface area contributed by atoms with Crippen LogP contribution in [0.3, 0.4) is 0 Å². The van der Waals surface area contributed by atoms with E-state index < -0.39 is 32.5 Å². The van der Waals surface area contributed by atoms with Crippen molar-refractivity contribution in [3.05, 3.63) is 59.4 Å². The molecular weight excluding hydrogens is 430 g/mol. The number of rotatable bonds is 7. The van der Waals surface area contributed by atoms with Crippen molar-refractivity contribution in [3.63, 3.8) is 0 Å². The van der Waals surface area contributed by atoms with E-state index in [9.17, 15) is 22.0 Å². The Hall–Kier alpha value is -3.25. The summed E-state index contributed by atoms with van der Waals surface area (Å²) in [6.07, 6.45) is 0. The predicted octanol–water partition coefficient (Wildman–Crippen LogP) is 2.53. The summed E-state index contributed by atoms with van der Waals surface area (Å²) in [7, 11) is -4.10. The lowest BCUT2D eigenvalue weighted by molar-refractivity contribution is 0.102. The van der Waals surface area contributed by atoms with Crippen LogP contribution < -0.4 is 5.32 Å². The smallest absolute Gasteiger partial charge is 0.255 e. The number of aryl methyl sites for hydroxylation is 1. The molecule has 0 unspecified atom stereocenters. The van der Waals surface area contributed by atoms with Crippen LogP contribution in [-0.2, 0) is 10.0 Å². The van der Waals surface area contributed by atoms with Crippen molar-refractivity contribution in [3.8, 4) is 5.69 Å². The van der Waals surface area contributed by atoms with Gasteiger partial charge in [-0.05, 0) is 53.7 Å². The topological polar surface area (TPSA) is 110 Å². The number of tetrazole rings is 1. The molecule has 0 bridgehead atoms. The van der Waals surface area contributed by atoms with Gasteiger partial charge in [0, 0.05) is 24.3 Å². The van der Waals surface area contributed by atoms with Gasteiger partial charge in [0.1, 0.15) is 22.2 Å². The lowest BCUT2D eigenvalue weighted by Gasteiger charge is -2.19. The number of nitrogens with zero attached hydrogens (tertiary/aromatic N) is 5. The Bertz CT molecular complexity index is 1230. The van der Waals surface area contributed by atoms with Crippen molar-refractivity contribution >= 4 is 21.6 Å². The van der Waals surface area contributed by atoms with Crippen LogP contribution in [0.2, 0.25) is 0 Å². The quantitative estimate of drug-likeness (QED) is 0.592. The zero-order valence-corrected chi connectivity index (χ0v) is 17.8. The van der Waals surface area contributed by atoms with E-state index in [1.54, 1.807) is 20.8 Å². The second-order valence-electron chi connectivity index (χ2n) is 6.49. The van der Waals surface area contributed by atoms with Crippen molar-refractivity contribution in [2.45, 2.75) is 25.7 Å². The van der Waals surface area contributed by atoms with Crippen LogP contribution in [-0.4, -0.2) is 51.9 Å². The highest BCUT2D eigenvalue weighted by molar-refractivity contribution is 7.89. The van der Waals surface area contributed by atoms with Gasteiger partial charge in [-0.2, -0.15) is 8.99 Å². The normalized spacial score (nSPS) is 11.7. The third kappa shape index (κ3) is 4.44. The molecule has 1 aromatic heterocycles. The van der Waals surface area contributed by atoms with E-state index in [0.29, 0.717) is 5.82 Å². The van der Waals surface area contributed by atoms with Gasteiger partial charge in [0.15, 0.2) is 5.82 Å². The van der Waals surface area contributed by atoms with Crippen molar-refractivity contribution in [1.29, 1.82) is 0 Å². The minimum atomic E-state index is -4.10. The van der Waals surface area contributed by atoms with E-state index in [1.165, 1.54) is 18.2 Å². The molecular formula is C19H20F2N6O3S. The Morgan fingerprint density at radius 1 is 1.10 bits per heavy atom. The van der Waals surface area contributed by atoms with Crippen LogP contribution in [0.4, 0.5) is 14.5 Å². The molecule has 0 saturated carbocycles. The Kier molecular flexibility index (Phi) is 6.41. The van der Waals surface area contributed by atoms with Gasteiger partial charge >= 0.3 is 0 Å². The average molecular weight is 450 g/mol. The van der Waals surface area contributed by atoms with Crippen molar-refractivity contribution < 1.29 is 22.0 Å². The first-order chi connectivity index (χ1) is 14.7. The molecule has 0 aliphatic carbocycles. The number of aromatic nitrogens is 4. The SMILES string of the molecule is CCN(CC)S(=O)(=O)c1cc(C(=O)Nc2ccc(F)c(-n3nnnc3C)c2)ccc1F. The van der Waals surface area contributed by atoms with E-state index >= 15 is 0 Å². The third-order valence-corrected chi connectivity index (χ3v) is 6.64. The fourth-order valence-electron chi connectivity index (χ4n) is 2.96. The molecule has 1 amide bonds. The van der Waals surface area contributed by atoms with Gasteiger partial charge in [-0.3, -0.25) is 4.79 Å². The van der Waals surface area contributed by atoms with E-state index in [0.717, 1.165) is 27.2 Å². The standard InChI is InChI=1S/C19H20F2N6O3S/c1-4-26(5-2)31(29,30)18-10-13(6-8-16(18)21)19(28)22-14-7-9-15(20)17(11-14)27-12(3)23-24-25-27/h6-11H,4-5H2,1-3H3,(H,22,28). The molecule has 3 aromatic rings. The van der Waals surface area contributed by atoms with Gasteiger partial charge < -0.3 is 5.32 Å². The monoisotopic (exact) mass is 450 g/mol. The summed E-state index contributed by atoms with van der Waals surface area (Å²) >= 11 is 0. The molecule has 164 valence electrons. The van der Waals surface area contributed by atoms with Crippen LogP contribution in [0.15, 0.2) is 41.3 Å². The summed E-state index contributed by atoms with van der Waals surface area (Å²) in [6.45, 7) is 5.16. The van der Waals surface area contributed by atoms with Gasteiger partial charge in [0.05, 0.1) is 0 Å². The fraction of sp³-hybridized carbons (Fsp3) is 0.263. The number of amides is 1. The minimum Gasteiger partial charge on any atom is -0.322 e. The van der Waals surface area contributed by atoms with Crippen LogP contribution in [0, 0.1) is 18.6 Å². The number of halogens is 2. The largest absolute Gasteiger partial charge is 0.322 e. The lowest BCUT2D eigenvalue weighted by atomic mass is 10.2. The highest BCUT2D eigenvalue weighted by Gasteiger charge is 2.26. The highest BCUT2D eigenvalue weighted by Crippen LogP contribution is 2.23. The summed E-state index contributed by atoms with van der Waals surface area (Å²) in [4.78, 5) is 12.1. The summed E-state index contributed by atoms with van der Waals surface area (Å²) in [5, 5.41) is 13.4. The van der Waals surface area contributed by atoms with Gasteiger partial charge in [-0.25, -0.2) is 17.2 Å².